The van der Waals surface area contributed by atoms with Crippen molar-refractivity contribution in [3.63, 3.8) is 0 Å². The van der Waals surface area contributed by atoms with Crippen LogP contribution in [0.1, 0.15) is 5.56 Å². The Hall–Kier alpha value is -3.02. The summed E-state index contributed by atoms with van der Waals surface area (Å²) in [6.45, 7) is 2.04. The molecule has 0 aliphatic carbocycles. The quantitative estimate of drug-likeness (QED) is 0.778. The zero-order chi connectivity index (χ0) is 17.1. The van der Waals surface area contributed by atoms with E-state index in [1.165, 1.54) is 0 Å². The average molecular weight is 325 g/mol. The number of aromatic nitrogens is 3. The van der Waals surface area contributed by atoms with E-state index in [0.717, 1.165) is 22.5 Å². The van der Waals surface area contributed by atoms with E-state index in [4.69, 9.17) is 14.2 Å². The van der Waals surface area contributed by atoms with Crippen molar-refractivity contribution in [1.29, 1.82) is 0 Å². The summed E-state index contributed by atoms with van der Waals surface area (Å²) in [6.07, 6.45) is 0. The Morgan fingerprint density at radius 2 is 1.58 bits per heavy atom. The van der Waals surface area contributed by atoms with Gasteiger partial charge in [-0.1, -0.05) is 24.3 Å². The maximum Gasteiger partial charge on any atom is 0.203 e. The van der Waals surface area contributed by atoms with Crippen LogP contribution in [0.4, 0.5) is 0 Å². The number of aryl methyl sites for hydroxylation is 1. The zero-order valence-electron chi connectivity index (χ0n) is 14.1. The summed E-state index contributed by atoms with van der Waals surface area (Å²) < 4.78 is 16.1. The summed E-state index contributed by atoms with van der Waals surface area (Å²) in [7, 11) is 4.73. The Morgan fingerprint density at radius 3 is 2.17 bits per heavy atom. The van der Waals surface area contributed by atoms with Gasteiger partial charge in [-0.2, -0.15) is 5.10 Å². The van der Waals surface area contributed by atoms with Gasteiger partial charge in [-0.15, -0.1) is 0 Å². The fraction of sp³-hybridized carbons (Fsp3) is 0.222. The van der Waals surface area contributed by atoms with Gasteiger partial charge in [0.2, 0.25) is 5.75 Å². The summed E-state index contributed by atoms with van der Waals surface area (Å²) in [5, 5.41) is 7.31. The number of methoxy groups -OCH3 is 3. The van der Waals surface area contributed by atoms with Crippen LogP contribution < -0.4 is 14.2 Å². The number of H-pyrrole nitrogens is 1. The molecule has 1 aromatic heterocycles. The molecule has 0 bridgehead atoms. The minimum absolute atomic E-state index is 0.540. The predicted molar refractivity (Wildman–Crippen MR) is 91.6 cm³/mol. The summed E-state index contributed by atoms with van der Waals surface area (Å²) in [5.74, 6) is 2.95. The Bertz CT molecular complexity index is 833. The van der Waals surface area contributed by atoms with Crippen molar-refractivity contribution < 1.29 is 14.2 Å². The van der Waals surface area contributed by atoms with E-state index in [1.54, 1.807) is 21.3 Å². The van der Waals surface area contributed by atoms with Crippen molar-refractivity contribution in [2.24, 2.45) is 0 Å². The fourth-order valence-corrected chi connectivity index (χ4v) is 2.56. The second-order valence-corrected chi connectivity index (χ2v) is 5.24. The molecule has 6 heteroatoms. The van der Waals surface area contributed by atoms with E-state index >= 15 is 0 Å². The molecule has 0 saturated heterocycles. The highest BCUT2D eigenvalue weighted by Crippen LogP contribution is 2.40. The highest BCUT2D eigenvalue weighted by atomic mass is 16.5. The van der Waals surface area contributed by atoms with Crippen molar-refractivity contribution in [1.82, 2.24) is 15.2 Å². The number of hydrogen-bond acceptors (Lipinski definition) is 5. The number of benzene rings is 2. The maximum atomic E-state index is 5.38. The van der Waals surface area contributed by atoms with E-state index in [-0.39, 0.29) is 0 Å². The number of hydrogen-bond donors (Lipinski definition) is 1. The molecule has 1 N–H and O–H groups in total. The molecule has 0 fully saturated rings. The highest BCUT2D eigenvalue weighted by Gasteiger charge is 2.17. The number of nitrogens with zero attached hydrogens (tertiary/aromatic N) is 2. The van der Waals surface area contributed by atoms with Crippen molar-refractivity contribution in [2.45, 2.75) is 6.92 Å². The first kappa shape index (κ1) is 15.9. The lowest BCUT2D eigenvalue weighted by molar-refractivity contribution is 0.324. The molecule has 0 amide bonds. The minimum Gasteiger partial charge on any atom is -0.493 e. The molecule has 0 spiro atoms. The summed E-state index contributed by atoms with van der Waals surface area (Å²) in [5.41, 5.74) is 2.93. The SMILES string of the molecule is COc1cc(-c2n[nH]c(-c3ccccc3C)n2)cc(OC)c1OC. The first-order chi connectivity index (χ1) is 11.7. The standard InChI is InChI=1S/C18H19N3O3/c1-11-7-5-6-8-13(11)18-19-17(20-21-18)12-9-14(22-2)16(24-4)15(10-12)23-3/h5-10H,1-4H3,(H,19,20,21). The van der Waals surface area contributed by atoms with Gasteiger partial charge in [-0.05, 0) is 24.6 Å². The zero-order valence-corrected chi connectivity index (χ0v) is 14.1. The van der Waals surface area contributed by atoms with Crippen LogP contribution in [-0.4, -0.2) is 36.5 Å². The molecule has 0 aliphatic heterocycles. The fourth-order valence-electron chi connectivity index (χ4n) is 2.56. The number of nitrogens with one attached hydrogen (secondary N) is 1. The van der Waals surface area contributed by atoms with E-state index in [0.29, 0.717) is 23.1 Å². The Balaban J connectivity index is 2.06. The number of rotatable bonds is 5. The van der Waals surface area contributed by atoms with Gasteiger partial charge in [0.25, 0.3) is 0 Å². The van der Waals surface area contributed by atoms with Gasteiger partial charge in [-0.25, -0.2) is 4.98 Å². The van der Waals surface area contributed by atoms with Gasteiger partial charge in [0.1, 0.15) is 0 Å². The molecule has 124 valence electrons. The molecule has 6 nitrogen and oxygen atoms in total. The predicted octanol–water partition coefficient (Wildman–Crippen LogP) is 3.47. The average Bonchev–Trinajstić information content (AvgIpc) is 3.10. The molecule has 0 atom stereocenters. The lowest BCUT2D eigenvalue weighted by atomic mass is 10.1. The first-order valence-electron chi connectivity index (χ1n) is 7.46. The maximum absolute atomic E-state index is 5.38. The number of aromatic amines is 1. The smallest absolute Gasteiger partial charge is 0.203 e. The lowest BCUT2D eigenvalue weighted by Gasteiger charge is -2.12. The van der Waals surface area contributed by atoms with E-state index < -0.39 is 0 Å². The minimum atomic E-state index is 0.540. The summed E-state index contributed by atoms with van der Waals surface area (Å²) in [6, 6.07) is 11.7. The van der Waals surface area contributed by atoms with E-state index in [2.05, 4.69) is 15.2 Å². The normalized spacial score (nSPS) is 10.5. The van der Waals surface area contributed by atoms with Crippen LogP contribution in [-0.2, 0) is 0 Å². The molecular weight excluding hydrogens is 306 g/mol. The Kier molecular flexibility index (Phi) is 4.37. The monoisotopic (exact) mass is 325 g/mol. The van der Waals surface area contributed by atoms with Gasteiger partial charge in [-0.3, -0.25) is 5.10 Å². The van der Waals surface area contributed by atoms with Crippen molar-refractivity contribution >= 4 is 0 Å². The molecule has 3 rings (SSSR count). The van der Waals surface area contributed by atoms with Gasteiger partial charge in [0.15, 0.2) is 23.1 Å². The van der Waals surface area contributed by atoms with E-state index in [1.807, 2.05) is 43.3 Å². The second-order valence-electron chi connectivity index (χ2n) is 5.24. The van der Waals surface area contributed by atoms with Crippen LogP contribution in [0.5, 0.6) is 17.2 Å². The van der Waals surface area contributed by atoms with Crippen molar-refractivity contribution in [3.05, 3.63) is 42.0 Å². The molecule has 0 saturated carbocycles. The van der Waals surface area contributed by atoms with Crippen LogP contribution >= 0.6 is 0 Å². The molecule has 0 aliphatic rings. The molecular formula is C18H19N3O3. The summed E-state index contributed by atoms with van der Waals surface area (Å²) in [4.78, 5) is 4.60. The largest absolute Gasteiger partial charge is 0.493 e. The third kappa shape index (κ3) is 2.78. The van der Waals surface area contributed by atoms with Crippen LogP contribution in [0.15, 0.2) is 36.4 Å². The lowest BCUT2D eigenvalue weighted by Crippen LogP contribution is -1.96. The second kappa shape index (κ2) is 6.62. The highest BCUT2D eigenvalue weighted by molar-refractivity contribution is 5.69. The molecule has 0 unspecified atom stereocenters. The van der Waals surface area contributed by atoms with Crippen LogP contribution in [0.25, 0.3) is 22.8 Å². The van der Waals surface area contributed by atoms with Gasteiger partial charge >= 0.3 is 0 Å². The van der Waals surface area contributed by atoms with E-state index in [9.17, 15) is 0 Å². The van der Waals surface area contributed by atoms with Crippen LogP contribution in [0.2, 0.25) is 0 Å². The molecule has 3 aromatic rings. The third-order valence-corrected chi connectivity index (χ3v) is 3.81. The first-order valence-corrected chi connectivity index (χ1v) is 7.46. The molecule has 2 aromatic carbocycles. The van der Waals surface area contributed by atoms with Crippen molar-refractivity contribution in [3.8, 4) is 40.0 Å². The van der Waals surface area contributed by atoms with Gasteiger partial charge in [0, 0.05) is 11.1 Å². The third-order valence-electron chi connectivity index (χ3n) is 3.81. The van der Waals surface area contributed by atoms with Crippen LogP contribution in [0, 0.1) is 6.92 Å². The Morgan fingerprint density at radius 1 is 0.917 bits per heavy atom. The van der Waals surface area contributed by atoms with Crippen molar-refractivity contribution in [2.75, 3.05) is 21.3 Å². The topological polar surface area (TPSA) is 69.3 Å². The van der Waals surface area contributed by atoms with Crippen LogP contribution in [0.3, 0.4) is 0 Å². The molecule has 1 heterocycles. The Labute approximate surface area is 140 Å². The van der Waals surface area contributed by atoms with Gasteiger partial charge in [0.05, 0.1) is 21.3 Å². The molecule has 0 radical (unpaired) electrons. The number of ether oxygens (including phenoxy) is 3. The van der Waals surface area contributed by atoms with Gasteiger partial charge < -0.3 is 14.2 Å². The summed E-state index contributed by atoms with van der Waals surface area (Å²) >= 11 is 0. The molecule has 24 heavy (non-hydrogen) atoms.